The molecule has 0 saturated carbocycles. The second-order valence-electron chi connectivity index (χ2n) is 8.32. The van der Waals surface area contributed by atoms with Crippen LogP contribution in [0, 0.1) is 0 Å². The van der Waals surface area contributed by atoms with Crippen LogP contribution in [0.5, 0.6) is 5.75 Å². The van der Waals surface area contributed by atoms with E-state index in [0.717, 1.165) is 22.3 Å². The van der Waals surface area contributed by atoms with Gasteiger partial charge in [-0.2, -0.15) is 0 Å². The van der Waals surface area contributed by atoms with Gasteiger partial charge in [-0.15, -0.1) is 0 Å². The molecule has 1 saturated heterocycles. The van der Waals surface area contributed by atoms with E-state index in [9.17, 15) is 9.90 Å². The van der Waals surface area contributed by atoms with E-state index in [1.54, 1.807) is 6.07 Å². The lowest BCUT2D eigenvalue weighted by Crippen LogP contribution is -2.41. The minimum atomic E-state index is -0.295. The second kappa shape index (κ2) is 10.1. The predicted octanol–water partition coefficient (Wildman–Crippen LogP) is 3.06. The third-order valence-electron chi connectivity index (χ3n) is 5.54. The number of hydrogen-bond acceptors (Lipinski definition) is 5. The van der Waals surface area contributed by atoms with Crippen LogP contribution in [-0.4, -0.2) is 55.4 Å². The minimum absolute atomic E-state index is 0.109. The molecule has 2 aromatic rings. The Balaban J connectivity index is 1.57. The van der Waals surface area contributed by atoms with Crippen molar-refractivity contribution in [3.63, 3.8) is 0 Å². The Morgan fingerprint density at radius 2 is 1.97 bits per heavy atom. The number of benzene rings is 2. The number of amides is 1. The third kappa shape index (κ3) is 5.59. The summed E-state index contributed by atoms with van der Waals surface area (Å²) in [7, 11) is 0. The van der Waals surface area contributed by atoms with Crippen molar-refractivity contribution in [3.8, 4) is 16.9 Å². The molecule has 1 amide bonds. The average molecular weight is 413 g/mol. The molecular weight excluding hydrogens is 380 g/mol. The van der Waals surface area contributed by atoms with Gasteiger partial charge in [0, 0.05) is 30.6 Å². The van der Waals surface area contributed by atoms with Crippen LogP contribution in [0.2, 0.25) is 0 Å². The fourth-order valence-corrected chi connectivity index (χ4v) is 3.60. The van der Waals surface area contributed by atoms with E-state index in [1.807, 2.05) is 41.3 Å². The predicted molar refractivity (Wildman–Crippen MR) is 117 cm³/mol. The molecule has 0 spiro atoms. The molecule has 0 aliphatic carbocycles. The van der Waals surface area contributed by atoms with Crippen molar-refractivity contribution in [2.24, 2.45) is 5.73 Å². The van der Waals surface area contributed by atoms with Crippen LogP contribution in [0.25, 0.3) is 11.1 Å². The topological polar surface area (TPSA) is 85.0 Å². The second-order valence-corrected chi connectivity index (χ2v) is 8.32. The zero-order valence-corrected chi connectivity index (χ0v) is 17.9. The van der Waals surface area contributed by atoms with E-state index >= 15 is 0 Å². The lowest BCUT2D eigenvalue weighted by atomic mass is 9.84. The molecule has 30 heavy (non-hydrogen) atoms. The molecule has 0 bridgehead atoms. The lowest BCUT2D eigenvalue weighted by molar-refractivity contribution is -0.136. The highest BCUT2D eigenvalue weighted by molar-refractivity contribution is 5.76. The molecule has 1 aliphatic heterocycles. The number of aromatic hydroxyl groups is 1. The number of rotatable bonds is 8. The molecule has 3 rings (SSSR count). The van der Waals surface area contributed by atoms with Gasteiger partial charge < -0.3 is 25.2 Å². The highest BCUT2D eigenvalue weighted by Gasteiger charge is 2.23. The van der Waals surface area contributed by atoms with Crippen LogP contribution in [0.4, 0.5) is 0 Å². The fourth-order valence-electron chi connectivity index (χ4n) is 3.60. The summed E-state index contributed by atoms with van der Waals surface area (Å²) in [5.41, 5.74) is 9.17. The first kappa shape index (κ1) is 22.3. The third-order valence-corrected chi connectivity index (χ3v) is 5.54. The molecule has 1 heterocycles. The molecule has 6 nitrogen and oxygen atoms in total. The minimum Gasteiger partial charge on any atom is -0.507 e. The Kier molecular flexibility index (Phi) is 7.48. The van der Waals surface area contributed by atoms with Crippen LogP contribution in [-0.2, 0) is 26.2 Å². The molecule has 6 heteroatoms. The number of ether oxygens (including phenoxy) is 2. The van der Waals surface area contributed by atoms with Gasteiger partial charge in [-0.1, -0.05) is 44.2 Å². The van der Waals surface area contributed by atoms with Crippen LogP contribution in [0.1, 0.15) is 31.4 Å². The summed E-state index contributed by atoms with van der Waals surface area (Å²) in [6.45, 7) is 7.98. The summed E-state index contributed by atoms with van der Waals surface area (Å²) in [4.78, 5) is 14.0. The van der Waals surface area contributed by atoms with E-state index in [0.29, 0.717) is 52.5 Å². The highest BCUT2D eigenvalue weighted by atomic mass is 16.5. The monoisotopic (exact) mass is 412 g/mol. The molecular formula is C24H32N2O4. The molecule has 2 aromatic carbocycles. The van der Waals surface area contributed by atoms with Crippen molar-refractivity contribution in [3.05, 3.63) is 53.6 Å². The number of phenolic OH excluding ortho intramolecular Hbond substituents is 1. The van der Waals surface area contributed by atoms with Crippen molar-refractivity contribution in [1.82, 2.24) is 4.90 Å². The summed E-state index contributed by atoms with van der Waals surface area (Å²) in [5.74, 6) is 0.343. The zero-order valence-electron chi connectivity index (χ0n) is 17.9. The molecule has 1 aliphatic rings. The molecule has 162 valence electrons. The van der Waals surface area contributed by atoms with Gasteiger partial charge in [0.2, 0.25) is 5.91 Å². The van der Waals surface area contributed by atoms with E-state index in [-0.39, 0.29) is 17.1 Å². The molecule has 0 unspecified atom stereocenters. The summed E-state index contributed by atoms with van der Waals surface area (Å²) in [5, 5.41) is 10.6. The standard InChI is InChI=1S/C24H32N2O4/c1-24(2,17-30-11-8-23(28)26-9-12-29-13-10-26)20-6-7-21(22(27)15-20)19-5-3-4-18(14-19)16-25/h3-7,14-15,27H,8-13,16-17,25H2,1-2H3. The van der Waals surface area contributed by atoms with E-state index in [1.165, 1.54) is 0 Å². The number of morpholine rings is 1. The van der Waals surface area contributed by atoms with Gasteiger partial charge in [-0.3, -0.25) is 4.79 Å². The number of phenols is 1. The van der Waals surface area contributed by atoms with Gasteiger partial charge in [0.05, 0.1) is 32.8 Å². The molecule has 1 fully saturated rings. The van der Waals surface area contributed by atoms with Gasteiger partial charge in [0.15, 0.2) is 0 Å². The molecule has 0 radical (unpaired) electrons. The van der Waals surface area contributed by atoms with Crippen molar-refractivity contribution >= 4 is 5.91 Å². The van der Waals surface area contributed by atoms with Crippen molar-refractivity contribution in [2.45, 2.75) is 32.2 Å². The number of carbonyl (C=O) groups is 1. The Bertz CT molecular complexity index is 860. The largest absolute Gasteiger partial charge is 0.507 e. The van der Waals surface area contributed by atoms with Gasteiger partial charge >= 0.3 is 0 Å². The van der Waals surface area contributed by atoms with Gasteiger partial charge in [-0.05, 0) is 28.8 Å². The van der Waals surface area contributed by atoms with Gasteiger partial charge in [0.25, 0.3) is 0 Å². The van der Waals surface area contributed by atoms with Gasteiger partial charge in [-0.25, -0.2) is 0 Å². The number of nitrogens with zero attached hydrogens (tertiary/aromatic N) is 1. The van der Waals surface area contributed by atoms with Crippen molar-refractivity contribution in [2.75, 3.05) is 39.5 Å². The maximum Gasteiger partial charge on any atom is 0.225 e. The number of hydrogen-bond donors (Lipinski definition) is 2. The smallest absolute Gasteiger partial charge is 0.225 e. The Morgan fingerprint density at radius 3 is 2.67 bits per heavy atom. The number of carbonyl (C=O) groups excluding carboxylic acids is 1. The first-order valence-electron chi connectivity index (χ1n) is 10.5. The Labute approximate surface area is 178 Å². The van der Waals surface area contributed by atoms with Crippen LogP contribution in [0.15, 0.2) is 42.5 Å². The maximum absolute atomic E-state index is 12.2. The molecule has 0 aromatic heterocycles. The van der Waals surface area contributed by atoms with Crippen molar-refractivity contribution < 1.29 is 19.4 Å². The average Bonchev–Trinajstić information content (AvgIpc) is 2.77. The van der Waals surface area contributed by atoms with Crippen molar-refractivity contribution in [1.29, 1.82) is 0 Å². The maximum atomic E-state index is 12.2. The first-order valence-corrected chi connectivity index (χ1v) is 10.5. The zero-order chi connectivity index (χ0) is 21.6. The molecule has 0 atom stereocenters. The highest BCUT2D eigenvalue weighted by Crippen LogP contribution is 2.34. The summed E-state index contributed by atoms with van der Waals surface area (Å²) < 4.78 is 11.1. The quantitative estimate of drug-likeness (QED) is 0.651. The van der Waals surface area contributed by atoms with Gasteiger partial charge in [0.1, 0.15) is 5.75 Å². The summed E-state index contributed by atoms with van der Waals surface area (Å²) in [6, 6.07) is 13.6. The van der Waals surface area contributed by atoms with Crippen LogP contribution in [0.3, 0.4) is 0 Å². The normalized spacial score (nSPS) is 14.7. The number of nitrogens with two attached hydrogens (primary N) is 1. The van der Waals surface area contributed by atoms with Crippen LogP contribution >= 0.6 is 0 Å². The summed E-state index contributed by atoms with van der Waals surface area (Å²) >= 11 is 0. The lowest BCUT2D eigenvalue weighted by Gasteiger charge is -2.28. The van der Waals surface area contributed by atoms with Crippen LogP contribution < -0.4 is 5.73 Å². The van der Waals surface area contributed by atoms with E-state index in [4.69, 9.17) is 15.2 Å². The SMILES string of the molecule is CC(C)(COCCC(=O)N1CCOCC1)c1ccc(-c2cccc(CN)c2)c(O)c1. The van der Waals surface area contributed by atoms with E-state index in [2.05, 4.69) is 13.8 Å². The first-order chi connectivity index (χ1) is 14.4. The Morgan fingerprint density at radius 1 is 1.20 bits per heavy atom. The Hall–Kier alpha value is -2.41. The fraction of sp³-hybridized carbons (Fsp3) is 0.458. The summed E-state index contributed by atoms with van der Waals surface area (Å²) in [6.07, 6.45) is 0.373. The molecule has 3 N–H and O–H groups in total. The van der Waals surface area contributed by atoms with E-state index < -0.39 is 0 Å².